The van der Waals surface area contributed by atoms with Crippen LogP contribution in [0.5, 0.6) is 0 Å². The summed E-state index contributed by atoms with van der Waals surface area (Å²) in [5, 5.41) is 6.17. The lowest BCUT2D eigenvalue weighted by Crippen LogP contribution is -2.45. The van der Waals surface area contributed by atoms with Crippen LogP contribution in [0.1, 0.15) is 49.9 Å². The Morgan fingerprint density at radius 2 is 1.76 bits per heavy atom. The van der Waals surface area contributed by atoms with Crippen molar-refractivity contribution in [3.05, 3.63) is 54.1 Å². The molecular formula is C26H30F2N2O3S. The van der Waals surface area contributed by atoms with E-state index < -0.39 is 17.8 Å². The first-order valence-electron chi connectivity index (χ1n) is 11.7. The molecular weight excluding hydrogens is 458 g/mol. The Labute approximate surface area is 203 Å². The highest BCUT2D eigenvalue weighted by molar-refractivity contribution is 7.99. The van der Waals surface area contributed by atoms with E-state index in [1.54, 1.807) is 55.5 Å². The second-order valence-corrected chi connectivity index (χ2v) is 10.3. The lowest BCUT2D eigenvalue weighted by molar-refractivity contribution is -0.130. The number of amides is 1. The van der Waals surface area contributed by atoms with Crippen LogP contribution in [0.25, 0.3) is 0 Å². The molecule has 0 unspecified atom stereocenters. The van der Waals surface area contributed by atoms with E-state index in [0.29, 0.717) is 39.9 Å². The molecule has 0 saturated heterocycles. The predicted molar refractivity (Wildman–Crippen MR) is 129 cm³/mol. The molecule has 2 bridgehead atoms. The molecule has 2 aliphatic rings. The molecule has 1 amide bonds. The minimum Gasteiger partial charge on any atom is -0.449 e. The zero-order chi connectivity index (χ0) is 24.2. The molecule has 2 saturated carbocycles. The van der Waals surface area contributed by atoms with Crippen LogP contribution in [0.15, 0.2) is 53.4 Å². The summed E-state index contributed by atoms with van der Waals surface area (Å²) in [7, 11) is 0. The lowest BCUT2D eigenvalue weighted by atomic mass is 9.84. The molecule has 2 fully saturated rings. The van der Waals surface area contributed by atoms with Gasteiger partial charge in [-0.1, -0.05) is 30.3 Å². The van der Waals surface area contributed by atoms with Crippen molar-refractivity contribution >= 4 is 35.0 Å². The van der Waals surface area contributed by atoms with E-state index in [2.05, 4.69) is 10.6 Å². The van der Waals surface area contributed by atoms with Gasteiger partial charge >= 0.3 is 5.97 Å². The van der Waals surface area contributed by atoms with E-state index in [4.69, 9.17) is 4.74 Å². The zero-order valence-electron chi connectivity index (χ0n) is 19.3. The molecule has 2 aromatic carbocycles. The molecule has 4 rings (SSSR count). The molecule has 182 valence electrons. The summed E-state index contributed by atoms with van der Waals surface area (Å²) in [6, 6.07) is 13.4. The smallest absolute Gasteiger partial charge is 0.341 e. The average Bonchev–Trinajstić information content (AvgIpc) is 3.44. The third-order valence-corrected chi connectivity index (χ3v) is 7.69. The van der Waals surface area contributed by atoms with Crippen LogP contribution in [0.4, 0.5) is 20.2 Å². The predicted octanol–water partition coefficient (Wildman–Crippen LogP) is 6.23. The maximum Gasteiger partial charge on any atom is 0.341 e. The van der Waals surface area contributed by atoms with Gasteiger partial charge in [-0.2, -0.15) is 8.78 Å². The Hall–Kier alpha value is -2.61. The number of rotatable bonds is 9. The fourth-order valence-corrected chi connectivity index (χ4v) is 5.78. The fourth-order valence-electron chi connectivity index (χ4n) is 5.28. The average molecular weight is 489 g/mol. The van der Waals surface area contributed by atoms with Gasteiger partial charge in [-0.3, -0.25) is 4.79 Å². The van der Waals surface area contributed by atoms with Crippen LogP contribution in [0, 0.1) is 17.8 Å². The summed E-state index contributed by atoms with van der Waals surface area (Å²) in [5.74, 6) is -1.39. The van der Waals surface area contributed by atoms with Gasteiger partial charge in [0.05, 0.1) is 11.3 Å². The number of thioether (sulfide) groups is 1. The highest BCUT2D eigenvalue weighted by Crippen LogP contribution is 2.49. The molecule has 34 heavy (non-hydrogen) atoms. The van der Waals surface area contributed by atoms with Crippen molar-refractivity contribution < 1.29 is 23.1 Å². The van der Waals surface area contributed by atoms with Crippen molar-refractivity contribution in [2.75, 3.05) is 5.32 Å². The number of halogens is 2. The molecule has 0 aromatic heterocycles. The number of esters is 1. The molecule has 2 aliphatic carbocycles. The molecule has 8 heteroatoms. The van der Waals surface area contributed by atoms with Crippen LogP contribution in [0.2, 0.25) is 0 Å². The van der Waals surface area contributed by atoms with Gasteiger partial charge in [-0.15, -0.1) is 0 Å². The van der Waals surface area contributed by atoms with Crippen molar-refractivity contribution in [3.8, 4) is 0 Å². The molecule has 0 aliphatic heterocycles. The summed E-state index contributed by atoms with van der Waals surface area (Å²) >= 11 is 0.473. The van der Waals surface area contributed by atoms with Crippen molar-refractivity contribution in [2.45, 2.75) is 62.3 Å². The Morgan fingerprint density at radius 1 is 1.03 bits per heavy atom. The highest BCUT2D eigenvalue weighted by Gasteiger charge is 2.42. The van der Waals surface area contributed by atoms with E-state index >= 15 is 0 Å². The maximum atomic E-state index is 12.9. The first-order valence-corrected chi connectivity index (χ1v) is 12.6. The van der Waals surface area contributed by atoms with Crippen molar-refractivity contribution in [2.24, 2.45) is 17.8 Å². The van der Waals surface area contributed by atoms with Crippen LogP contribution in [0.3, 0.4) is 0 Å². The number of carbonyl (C=O) groups is 2. The second kappa shape index (κ2) is 10.8. The topological polar surface area (TPSA) is 67.4 Å². The van der Waals surface area contributed by atoms with E-state index in [1.807, 2.05) is 6.92 Å². The summed E-state index contributed by atoms with van der Waals surface area (Å²) in [6.07, 6.45) is 4.07. The first kappa shape index (κ1) is 24.5. The lowest BCUT2D eigenvalue weighted by Gasteiger charge is -2.29. The quantitative estimate of drug-likeness (QED) is 0.323. The number of ether oxygens (including phenoxy) is 1. The number of carbonyl (C=O) groups excluding carboxylic acids is 2. The molecule has 5 atom stereocenters. The molecule has 2 aromatic rings. The summed E-state index contributed by atoms with van der Waals surface area (Å²) in [6.45, 7) is 3.62. The second-order valence-electron chi connectivity index (χ2n) is 9.26. The van der Waals surface area contributed by atoms with Gasteiger partial charge in [0.25, 0.3) is 11.7 Å². The van der Waals surface area contributed by atoms with Crippen molar-refractivity contribution in [1.82, 2.24) is 5.32 Å². The van der Waals surface area contributed by atoms with Gasteiger partial charge in [0.2, 0.25) is 0 Å². The monoisotopic (exact) mass is 488 g/mol. The summed E-state index contributed by atoms with van der Waals surface area (Å²) < 4.78 is 30.5. The normalized spacial score (nSPS) is 22.9. The van der Waals surface area contributed by atoms with E-state index in [-0.39, 0.29) is 17.5 Å². The number of fused-ring (bicyclic) bond motifs is 2. The summed E-state index contributed by atoms with van der Waals surface area (Å²) in [4.78, 5) is 26.0. The molecule has 0 radical (unpaired) electrons. The van der Waals surface area contributed by atoms with Crippen molar-refractivity contribution in [3.63, 3.8) is 0 Å². The first-order chi connectivity index (χ1) is 16.3. The van der Waals surface area contributed by atoms with Gasteiger partial charge in [0.15, 0.2) is 6.10 Å². The number of benzene rings is 2. The zero-order valence-corrected chi connectivity index (χ0v) is 20.1. The highest BCUT2D eigenvalue weighted by atomic mass is 32.2. The Bertz CT molecular complexity index is 1020. The molecule has 0 heterocycles. The van der Waals surface area contributed by atoms with E-state index in [1.165, 1.54) is 25.7 Å². The molecule has 0 spiro atoms. The number of para-hydroxylation sites is 1. The standard InChI is InChI=1S/C26H30F2N2O3S/c1-15(22-14-17-7-8-18(22)13-17)29-24(31)16(2)33-25(32)21-5-3-4-6-23(21)30-19-9-11-20(12-10-19)34-26(27)28/h3-6,9-12,15-18,22,26,30H,7-8,13-14H2,1-2H3,(H,29,31)/t15-,16-,17-,18-,22-/m1/s1. The Balaban J connectivity index is 1.35. The number of nitrogens with one attached hydrogen (secondary N) is 2. The minimum atomic E-state index is -2.48. The number of hydrogen-bond donors (Lipinski definition) is 2. The molecule has 5 nitrogen and oxygen atoms in total. The maximum absolute atomic E-state index is 12.9. The van der Waals surface area contributed by atoms with Gasteiger partial charge in [-0.25, -0.2) is 4.79 Å². The third kappa shape index (κ3) is 5.90. The van der Waals surface area contributed by atoms with E-state index in [9.17, 15) is 18.4 Å². The van der Waals surface area contributed by atoms with Crippen LogP contribution >= 0.6 is 11.8 Å². The van der Waals surface area contributed by atoms with Gasteiger partial charge in [0.1, 0.15) is 0 Å². The van der Waals surface area contributed by atoms with Crippen LogP contribution in [-0.4, -0.2) is 29.8 Å². The number of hydrogen-bond acceptors (Lipinski definition) is 5. The Kier molecular flexibility index (Phi) is 7.76. The largest absolute Gasteiger partial charge is 0.449 e. The Morgan fingerprint density at radius 3 is 2.41 bits per heavy atom. The van der Waals surface area contributed by atoms with Gasteiger partial charge < -0.3 is 15.4 Å². The van der Waals surface area contributed by atoms with Crippen LogP contribution in [-0.2, 0) is 9.53 Å². The van der Waals surface area contributed by atoms with Gasteiger partial charge in [-0.05, 0) is 87.3 Å². The third-order valence-electron chi connectivity index (χ3n) is 6.96. The SMILES string of the molecule is C[C@@H](OC(=O)c1ccccc1Nc1ccc(SC(F)F)cc1)C(=O)N[C@H](C)[C@H]1C[C@@H]2CC[C@@H]1C2. The van der Waals surface area contributed by atoms with E-state index in [0.717, 1.165) is 5.92 Å². The summed E-state index contributed by atoms with van der Waals surface area (Å²) in [5.41, 5.74) is 1.43. The van der Waals surface area contributed by atoms with Gasteiger partial charge in [0, 0.05) is 16.6 Å². The molecule has 2 N–H and O–H groups in total. The number of alkyl halides is 2. The minimum absolute atomic E-state index is 0.0594. The van der Waals surface area contributed by atoms with Crippen molar-refractivity contribution in [1.29, 1.82) is 0 Å². The van der Waals surface area contributed by atoms with Crippen LogP contribution < -0.4 is 10.6 Å². The number of anilines is 2. The fraction of sp³-hybridized carbons (Fsp3) is 0.462.